The van der Waals surface area contributed by atoms with E-state index < -0.39 is 0 Å². The largest absolute Gasteiger partial charge is 0.342 e. The molecule has 0 aliphatic carbocycles. The van der Waals surface area contributed by atoms with E-state index in [1.165, 1.54) is 55.4 Å². The Kier molecular flexibility index (Phi) is 4.32. The van der Waals surface area contributed by atoms with Crippen LogP contribution in [0.25, 0.3) is 10.9 Å². The molecule has 1 saturated heterocycles. The lowest BCUT2D eigenvalue weighted by Gasteiger charge is -2.20. The standard InChI is InChI=1S/C17H23ClN2/c1-2-20-15(13-19-10-5-3-4-6-11-19)12-14-8-7-9-16(18)17(14)20/h7-9,12H,2-6,10-11,13H2,1H3. The first-order chi connectivity index (χ1) is 9.79. The summed E-state index contributed by atoms with van der Waals surface area (Å²) >= 11 is 6.39. The first kappa shape index (κ1) is 14.0. The first-order valence-corrected chi connectivity index (χ1v) is 8.16. The van der Waals surface area contributed by atoms with Gasteiger partial charge in [0.15, 0.2) is 0 Å². The molecule has 108 valence electrons. The summed E-state index contributed by atoms with van der Waals surface area (Å²) in [5, 5.41) is 2.13. The van der Waals surface area contributed by atoms with Gasteiger partial charge < -0.3 is 4.57 Å². The van der Waals surface area contributed by atoms with Crippen molar-refractivity contribution >= 4 is 22.5 Å². The monoisotopic (exact) mass is 290 g/mol. The summed E-state index contributed by atoms with van der Waals surface area (Å²) in [6.45, 7) is 6.71. The number of aromatic nitrogens is 1. The Morgan fingerprint density at radius 1 is 1.10 bits per heavy atom. The highest BCUT2D eigenvalue weighted by atomic mass is 35.5. The third kappa shape index (κ3) is 2.72. The van der Waals surface area contributed by atoms with E-state index in [0.29, 0.717) is 0 Å². The SMILES string of the molecule is CCn1c(CN2CCCCCC2)cc2cccc(Cl)c21. The molecule has 2 aromatic rings. The van der Waals surface area contributed by atoms with Crippen molar-refractivity contribution in [3.63, 3.8) is 0 Å². The van der Waals surface area contributed by atoms with E-state index >= 15 is 0 Å². The number of likely N-dealkylation sites (tertiary alicyclic amines) is 1. The number of halogens is 1. The number of nitrogens with zero attached hydrogens (tertiary/aromatic N) is 2. The number of hydrogen-bond acceptors (Lipinski definition) is 1. The molecule has 1 aromatic carbocycles. The van der Waals surface area contributed by atoms with Crippen molar-refractivity contribution in [1.29, 1.82) is 0 Å². The van der Waals surface area contributed by atoms with Gasteiger partial charge in [-0.05, 0) is 45.0 Å². The van der Waals surface area contributed by atoms with E-state index in [-0.39, 0.29) is 0 Å². The number of benzene rings is 1. The maximum absolute atomic E-state index is 6.39. The average molecular weight is 291 g/mol. The van der Waals surface area contributed by atoms with Crippen molar-refractivity contribution in [2.75, 3.05) is 13.1 Å². The van der Waals surface area contributed by atoms with Gasteiger partial charge in [0, 0.05) is 24.2 Å². The number of para-hydroxylation sites is 1. The topological polar surface area (TPSA) is 8.17 Å². The molecule has 0 saturated carbocycles. The van der Waals surface area contributed by atoms with Crippen molar-refractivity contribution in [2.45, 2.75) is 45.7 Å². The van der Waals surface area contributed by atoms with E-state index in [0.717, 1.165) is 18.1 Å². The van der Waals surface area contributed by atoms with Gasteiger partial charge in [-0.15, -0.1) is 0 Å². The Bertz CT molecular complexity index is 580. The van der Waals surface area contributed by atoms with Gasteiger partial charge in [0.05, 0.1) is 10.5 Å². The number of hydrogen-bond donors (Lipinski definition) is 0. The lowest BCUT2D eigenvalue weighted by Crippen LogP contribution is -2.25. The molecule has 0 N–H and O–H groups in total. The summed E-state index contributed by atoms with van der Waals surface area (Å²) in [4.78, 5) is 2.60. The zero-order chi connectivity index (χ0) is 13.9. The Morgan fingerprint density at radius 2 is 1.85 bits per heavy atom. The molecule has 20 heavy (non-hydrogen) atoms. The molecule has 0 unspecified atom stereocenters. The second-order valence-corrected chi connectivity index (χ2v) is 6.16. The summed E-state index contributed by atoms with van der Waals surface area (Å²) in [5.41, 5.74) is 2.60. The summed E-state index contributed by atoms with van der Waals surface area (Å²) in [6.07, 6.45) is 5.46. The van der Waals surface area contributed by atoms with Crippen LogP contribution >= 0.6 is 11.6 Å². The van der Waals surface area contributed by atoms with Crippen molar-refractivity contribution in [2.24, 2.45) is 0 Å². The summed E-state index contributed by atoms with van der Waals surface area (Å²) < 4.78 is 2.38. The van der Waals surface area contributed by atoms with Crippen LogP contribution in [-0.4, -0.2) is 22.6 Å². The van der Waals surface area contributed by atoms with Crippen LogP contribution in [0.5, 0.6) is 0 Å². The molecule has 1 aromatic heterocycles. The van der Waals surface area contributed by atoms with Crippen LogP contribution in [0.3, 0.4) is 0 Å². The Labute approximate surface area is 126 Å². The zero-order valence-electron chi connectivity index (χ0n) is 12.2. The Balaban J connectivity index is 1.92. The Hall–Kier alpha value is -0.990. The maximum atomic E-state index is 6.39. The molecule has 3 rings (SSSR count). The summed E-state index contributed by atoms with van der Waals surface area (Å²) in [5.74, 6) is 0. The van der Waals surface area contributed by atoms with Gasteiger partial charge in [0.2, 0.25) is 0 Å². The van der Waals surface area contributed by atoms with E-state index in [4.69, 9.17) is 11.6 Å². The highest BCUT2D eigenvalue weighted by molar-refractivity contribution is 6.35. The van der Waals surface area contributed by atoms with Gasteiger partial charge in [-0.1, -0.05) is 36.6 Å². The quantitative estimate of drug-likeness (QED) is 0.796. The van der Waals surface area contributed by atoms with Gasteiger partial charge in [-0.25, -0.2) is 0 Å². The molecular formula is C17H23ClN2. The summed E-state index contributed by atoms with van der Waals surface area (Å²) in [6, 6.07) is 8.51. The molecule has 2 nitrogen and oxygen atoms in total. The Morgan fingerprint density at radius 3 is 2.55 bits per heavy atom. The maximum Gasteiger partial charge on any atom is 0.0672 e. The fourth-order valence-corrected chi connectivity index (χ4v) is 3.63. The minimum atomic E-state index is 0.867. The van der Waals surface area contributed by atoms with Gasteiger partial charge in [-0.3, -0.25) is 4.90 Å². The van der Waals surface area contributed by atoms with Crippen molar-refractivity contribution < 1.29 is 0 Å². The molecular weight excluding hydrogens is 268 g/mol. The molecule has 0 amide bonds. The lowest BCUT2D eigenvalue weighted by molar-refractivity contribution is 0.270. The van der Waals surface area contributed by atoms with Crippen LogP contribution in [0.4, 0.5) is 0 Å². The molecule has 1 aliphatic heterocycles. The summed E-state index contributed by atoms with van der Waals surface area (Å²) in [7, 11) is 0. The fourth-order valence-electron chi connectivity index (χ4n) is 3.35. The van der Waals surface area contributed by atoms with E-state index in [1.807, 2.05) is 12.1 Å². The highest BCUT2D eigenvalue weighted by Gasteiger charge is 2.14. The smallest absolute Gasteiger partial charge is 0.0672 e. The normalized spacial score (nSPS) is 17.5. The zero-order valence-corrected chi connectivity index (χ0v) is 13.0. The highest BCUT2D eigenvalue weighted by Crippen LogP contribution is 2.28. The minimum Gasteiger partial charge on any atom is -0.342 e. The molecule has 3 heteroatoms. The molecule has 0 radical (unpaired) electrons. The van der Waals surface area contributed by atoms with Crippen LogP contribution in [0.1, 0.15) is 38.3 Å². The molecule has 0 atom stereocenters. The molecule has 0 bridgehead atoms. The van der Waals surface area contributed by atoms with Gasteiger partial charge in [0.25, 0.3) is 0 Å². The van der Waals surface area contributed by atoms with Crippen LogP contribution in [-0.2, 0) is 13.1 Å². The van der Waals surface area contributed by atoms with E-state index in [2.05, 4.69) is 28.5 Å². The van der Waals surface area contributed by atoms with Crippen molar-refractivity contribution in [1.82, 2.24) is 9.47 Å². The van der Waals surface area contributed by atoms with Crippen LogP contribution < -0.4 is 0 Å². The first-order valence-electron chi connectivity index (χ1n) is 7.78. The molecule has 0 spiro atoms. The molecule has 2 heterocycles. The minimum absolute atomic E-state index is 0.867. The van der Waals surface area contributed by atoms with E-state index in [1.54, 1.807) is 0 Å². The molecule has 1 aliphatic rings. The van der Waals surface area contributed by atoms with Gasteiger partial charge in [-0.2, -0.15) is 0 Å². The van der Waals surface area contributed by atoms with Gasteiger partial charge >= 0.3 is 0 Å². The predicted octanol–water partition coefficient (Wildman–Crippen LogP) is 4.69. The van der Waals surface area contributed by atoms with Crippen molar-refractivity contribution in [3.05, 3.63) is 35.0 Å². The van der Waals surface area contributed by atoms with Crippen LogP contribution in [0.15, 0.2) is 24.3 Å². The second-order valence-electron chi connectivity index (χ2n) is 5.75. The number of rotatable bonds is 3. The number of fused-ring (bicyclic) bond motifs is 1. The number of aryl methyl sites for hydroxylation is 1. The fraction of sp³-hybridized carbons (Fsp3) is 0.529. The predicted molar refractivity (Wildman–Crippen MR) is 86.4 cm³/mol. The second kappa shape index (κ2) is 6.19. The molecule has 1 fully saturated rings. The lowest BCUT2D eigenvalue weighted by atomic mass is 10.2. The third-order valence-corrected chi connectivity index (χ3v) is 4.66. The van der Waals surface area contributed by atoms with Crippen LogP contribution in [0.2, 0.25) is 5.02 Å². The van der Waals surface area contributed by atoms with Crippen molar-refractivity contribution in [3.8, 4) is 0 Å². The van der Waals surface area contributed by atoms with E-state index in [9.17, 15) is 0 Å². The third-order valence-electron chi connectivity index (χ3n) is 4.36. The van der Waals surface area contributed by atoms with Crippen LogP contribution in [0, 0.1) is 0 Å². The average Bonchev–Trinajstić information content (AvgIpc) is 2.61. The van der Waals surface area contributed by atoms with Gasteiger partial charge in [0.1, 0.15) is 0 Å².